The summed E-state index contributed by atoms with van der Waals surface area (Å²) in [6.45, 7) is 4.55. The van der Waals surface area contributed by atoms with E-state index in [1.54, 1.807) is 19.2 Å². The maximum Gasteiger partial charge on any atom is 0.335 e. The minimum Gasteiger partial charge on any atom is -0.496 e. The van der Waals surface area contributed by atoms with Crippen molar-refractivity contribution in [2.45, 2.75) is 57.8 Å². The number of carbonyl (C=O) groups is 1. The number of likely N-dealkylation sites (tertiary alicyclic amines) is 1. The molecule has 0 spiro atoms. The number of hydrogen-bond acceptors (Lipinski definition) is 4. The van der Waals surface area contributed by atoms with Gasteiger partial charge in [-0.3, -0.25) is 4.90 Å². The number of hydrogen-bond donors (Lipinski definition) is 2. The van der Waals surface area contributed by atoms with E-state index < -0.39 is 18.4 Å². The number of fused-ring (bicyclic) bond motifs is 1. The number of H-pyrrole nitrogens is 1. The van der Waals surface area contributed by atoms with Crippen molar-refractivity contribution in [3.05, 3.63) is 64.8 Å². The molecule has 4 rings (SSSR count). The molecular weight excluding hydrogens is 442 g/mol. The zero-order valence-corrected chi connectivity index (χ0v) is 19.6. The average molecular weight is 473 g/mol. The van der Waals surface area contributed by atoms with E-state index in [2.05, 4.69) is 4.98 Å². The lowest BCUT2D eigenvalue weighted by molar-refractivity contribution is -0.0881. The van der Waals surface area contributed by atoms with Gasteiger partial charge in [0.05, 0.1) is 24.8 Å². The van der Waals surface area contributed by atoms with Crippen LogP contribution in [0.15, 0.2) is 42.6 Å². The molecule has 1 fully saturated rings. The Morgan fingerprint density at radius 2 is 1.97 bits per heavy atom. The first-order valence-electron chi connectivity index (χ1n) is 11.5. The molecular formula is C26H30F2N2O4. The van der Waals surface area contributed by atoms with Crippen molar-refractivity contribution < 1.29 is 28.2 Å². The molecule has 0 amide bonds. The summed E-state index contributed by atoms with van der Waals surface area (Å²) in [6, 6.07) is 8.97. The van der Waals surface area contributed by atoms with Crippen LogP contribution < -0.4 is 4.74 Å². The number of halogens is 2. The Morgan fingerprint density at radius 3 is 2.59 bits per heavy atom. The van der Waals surface area contributed by atoms with Gasteiger partial charge in [0.25, 0.3) is 6.43 Å². The first-order chi connectivity index (χ1) is 16.3. The van der Waals surface area contributed by atoms with Gasteiger partial charge < -0.3 is 19.6 Å². The minimum absolute atomic E-state index is 0.159. The molecule has 1 aliphatic rings. The molecule has 6 nitrogen and oxygen atoms in total. The number of aryl methyl sites for hydroxylation is 1. The largest absolute Gasteiger partial charge is 0.496 e. The third kappa shape index (κ3) is 4.65. The fraction of sp³-hybridized carbons (Fsp3) is 0.423. The maximum atomic E-state index is 14.4. The fourth-order valence-corrected chi connectivity index (χ4v) is 5.10. The van der Waals surface area contributed by atoms with Crippen LogP contribution in [0, 0.1) is 6.92 Å². The van der Waals surface area contributed by atoms with Crippen molar-refractivity contribution in [3.8, 4) is 5.75 Å². The summed E-state index contributed by atoms with van der Waals surface area (Å²) in [6.07, 6.45) is -0.277. The molecule has 0 bridgehead atoms. The molecule has 2 aromatic carbocycles. The van der Waals surface area contributed by atoms with E-state index in [9.17, 15) is 18.7 Å². The quantitative estimate of drug-likeness (QED) is 0.449. The van der Waals surface area contributed by atoms with Crippen LogP contribution in [-0.4, -0.2) is 53.2 Å². The Hall–Kier alpha value is -2.97. The number of aromatic amines is 1. The van der Waals surface area contributed by atoms with Crippen molar-refractivity contribution >= 4 is 16.9 Å². The molecule has 1 aromatic heterocycles. The Morgan fingerprint density at radius 1 is 1.24 bits per heavy atom. The molecule has 2 heterocycles. The van der Waals surface area contributed by atoms with E-state index in [0.29, 0.717) is 18.8 Å². The van der Waals surface area contributed by atoms with Crippen molar-refractivity contribution in [1.82, 2.24) is 9.88 Å². The highest BCUT2D eigenvalue weighted by molar-refractivity contribution is 5.88. The topological polar surface area (TPSA) is 74.8 Å². The van der Waals surface area contributed by atoms with Crippen LogP contribution in [0.25, 0.3) is 10.9 Å². The molecule has 0 radical (unpaired) electrons. The molecule has 3 atom stereocenters. The molecule has 34 heavy (non-hydrogen) atoms. The number of ether oxygens (including phenoxy) is 2. The lowest BCUT2D eigenvalue weighted by atomic mass is 9.87. The van der Waals surface area contributed by atoms with E-state index in [1.807, 2.05) is 37.1 Å². The Kier molecular flexibility index (Phi) is 7.19. The summed E-state index contributed by atoms with van der Waals surface area (Å²) in [5, 5.41) is 10.2. The molecule has 8 heteroatoms. The van der Waals surface area contributed by atoms with Gasteiger partial charge in [-0.2, -0.15) is 0 Å². The number of benzene rings is 2. The normalized spacial score (nSPS) is 21.3. The van der Waals surface area contributed by atoms with Crippen LogP contribution in [0.2, 0.25) is 0 Å². The molecule has 0 unspecified atom stereocenters. The van der Waals surface area contributed by atoms with Gasteiger partial charge in [-0.25, -0.2) is 13.6 Å². The van der Waals surface area contributed by atoms with E-state index in [1.165, 1.54) is 12.1 Å². The molecule has 0 aliphatic carbocycles. The first kappa shape index (κ1) is 24.2. The van der Waals surface area contributed by atoms with Gasteiger partial charge in [-0.05, 0) is 62.1 Å². The lowest BCUT2D eigenvalue weighted by Crippen LogP contribution is -2.50. The van der Waals surface area contributed by atoms with Gasteiger partial charge in [0, 0.05) is 41.9 Å². The number of alkyl halides is 2. The second-order valence-corrected chi connectivity index (χ2v) is 8.71. The monoisotopic (exact) mass is 472 g/mol. The highest BCUT2D eigenvalue weighted by atomic mass is 19.3. The molecule has 2 N–H and O–H groups in total. The van der Waals surface area contributed by atoms with Gasteiger partial charge >= 0.3 is 5.97 Å². The minimum atomic E-state index is -2.57. The number of methoxy groups -OCH3 is 1. The highest BCUT2D eigenvalue weighted by Gasteiger charge is 2.41. The summed E-state index contributed by atoms with van der Waals surface area (Å²) >= 11 is 0. The van der Waals surface area contributed by atoms with E-state index in [-0.39, 0.29) is 30.7 Å². The number of nitrogens with zero attached hydrogens (tertiary/aromatic N) is 1. The van der Waals surface area contributed by atoms with Crippen molar-refractivity contribution in [1.29, 1.82) is 0 Å². The predicted octanol–water partition coefficient (Wildman–Crippen LogP) is 5.56. The second-order valence-electron chi connectivity index (χ2n) is 8.71. The smallest absolute Gasteiger partial charge is 0.335 e. The fourth-order valence-electron chi connectivity index (χ4n) is 5.10. The van der Waals surface area contributed by atoms with Gasteiger partial charge in [-0.15, -0.1) is 0 Å². The summed E-state index contributed by atoms with van der Waals surface area (Å²) < 4.78 is 40.3. The number of aromatic nitrogens is 1. The SMILES string of the molecule is CCO[C@@H]1C[C@H](c2ccc(C(=O)O)cc2)N(Cc2c(OC)cc(C)c3[nH]ccc23)[C@H](C(F)F)C1. The Labute approximate surface area is 197 Å². The van der Waals surface area contributed by atoms with Crippen LogP contribution in [0.4, 0.5) is 8.78 Å². The predicted molar refractivity (Wildman–Crippen MR) is 126 cm³/mol. The summed E-state index contributed by atoms with van der Waals surface area (Å²) in [5.74, 6) is -0.367. The first-order valence-corrected chi connectivity index (χ1v) is 11.5. The standard InChI is InChI=1S/C26H30F2N2O4/c1-4-34-18-12-21(16-5-7-17(8-6-16)26(31)32)30(22(13-18)25(27)28)14-20-19-9-10-29-24(19)15(2)11-23(20)33-3/h5-11,18,21-22,25,29H,4,12-14H2,1-3H3,(H,31,32)/t18-,21-,22+/m1/s1. The van der Waals surface area contributed by atoms with Gasteiger partial charge in [-0.1, -0.05) is 12.1 Å². The van der Waals surface area contributed by atoms with E-state index in [4.69, 9.17) is 9.47 Å². The molecule has 1 saturated heterocycles. The number of carboxylic acids is 1. The van der Waals surface area contributed by atoms with Crippen LogP contribution in [-0.2, 0) is 11.3 Å². The number of piperidine rings is 1. The Bertz CT molecular complexity index is 1150. The third-order valence-electron chi connectivity index (χ3n) is 6.72. The third-order valence-corrected chi connectivity index (χ3v) is 6.72. The highest BCUT2D eigenvalue weighted by Crippen LogP contribution is 2.41. The van der Waals surface area contributed by atoms with Crippen LogP contribution >= 0.6 is 0 Å². The molecule has 1 aliphatic heterocycles. The summed E-state index contributed by atoms with van der Waals surface area (Å²) in [7, 11) is 1.59. The number of carboxylic acid groups (broad SMARTS) is 1. The summed E-state index contributed by atoms with van der Waals surface area (Å²) in [5.41, 5.74) is 3.76. The van der Waals surface area contributed by atoms with E-state index in [0.717, 1.165) is 27.6 Å². The number of rotatable bonds is 8. The zero-order valence-electron chi connectivity index (χ0n) is 19.6. The Balaban J connectivity index is 1.79. The van der Waals surface area contributed by atoms with Crippen molar-refractivity contribution in [2.75, 3.05) is 13.7 Å². The molecule has 182 valence electrons. The van der Waals surface area contributed by atoms with Crippen molar-refractivity contribution in [2.24, 2.45) is 0 Å². The van der Waals surface area contributed by atoms with E-state index >= 15 is 0 Å². The zero-order chi connectivity index (χ0) is 24.4. The van der Waals surface area contributed by atoms with Crippen molar-refractivity contribution in [3.63, 3.8) is 0 Å². The van der Waals surface area contributed by atoms with Crippen LogP contribution in [0.5, 0.6) is 5.75 Å². The second kappa shape index (κ2) is 10.1. The van der Waals surface area contributed by atoms with Gasteiger partial charge in [0.1, 0.15) is 5.75 Å². The van der Waals surface area contributed by atoms with Gasteiger partial charge in [0.2, 0.25) is 0 Å². The van der Waals surface area contributed by atoms with Crippen LogP contribution in [0.1, 0.15) is 52.9 Å². The maximum absolute atomic E-state index is 14.4. The number of aromatic carboxylic acids is 1. The van der Waals surface area contributed by atoms with Crippen LogP contribution in [0.3, 0.4) is 0 Å². The number of nitrogens with one attached hydrogen (secondary N) is 1. The lowest BCUT2D eigenvalue weighted by Gasteiger charge is -2.45. The van der Waals surface area contributed by atoms with Gasteiger partial charge in [0.15, 0.2) is 0 Å². The molecule has 0 saturated carbocycles. The summed E-state index contributed by atoms with van der Waals surface area (Å²) in [4.78, 5) is 16.4. The average Bonchev–Trinajstić information content (AvgIpc) is 3.32. The molecule has 3 aromatic rings.